The van der Waals surface area contributed by atoms with Crippen molar-refractivity contribution in [3.63, 3.8) is 0 Å². The molecule has 2 N–H and O–H groups in total. The van der Waals surface area contributed by atoms with Gasteiger partial charge in [-0.15, -0.1) is 0 Å². The normalized spacial score (nSPS) is 19.9. The molecule has 1 aromatic rings. The van der Waals surface area contributed by atoms with Crippen LogP contribution in [0, 0.1) is 17.8 Å². The molecule has 1 aliphatic carbocycles. The molecule has 0 aromatic carbocycles. The fourth-order valence-corrected chi connectivity index (χ4v) is 2.80. The molecule has 23 heavy (non-hydrogen) atoms. The molecule has 0 spiro atoms. The zero-order chi connectivity index (χ0) is 16.2. The molecule has 6 heteroatoms. The number of hydrogen-bond donors (Lipinski definition) is 2. The highest BCUT2D eigenvalue weighted by molar-refractivity contribution is 5.94. The molecule has 3 rings (SSSR count). The van der Waals surface area contributed by atoms with Gasteiger partial charge in [0.25, 0.3) is 0 Å². The van der Waals surface area contributed by atoms with Gasteiger partial charge in [0, 0.05) is 25.0 Å². The molecule has 1 saturated heterocycles. The molecule has 2 amide bonds. The fraction of sp³-hybridized carbons (Fsp3) is 0.588. The second-order valence-corrected chi connectivity index (χ2v) is 6.42. The summed E-state index contributed by atoms with van der Waals surface area (Å²) in [5, 5.41) is 5.68. The van der Waals surface area contributed by atoms with E-state index in [4.69, 9.17) is 4.74 Å². The highest BCUT2D eigenvalue weighted by atomic mass is 16.5. The van der Waals surface area contributed by atoms with Gasteiger partial charge in [-0.1, -0.05) is 6.92 Å². The summed E-state index contributed by atoms with van der Waals surface area (Å²) in [5.41, 5.74) is 0.651. The Morgan fingerprint density at radius 3 is 2.52 bits per heavy atom. The molecule has 1 aromatic heterocycles. The first-order valence-corrected chi connectivity index (χ1v) is 8.29. The van der Waals surface area contributed by atoms with E-state index in [2.05, 4.69) is 15.6 Å². The van der Waals surface area contributed by atoms with Crippen molar-refractivity contribution in [2.45, 2.75) is 32.6 Å². The quantitative estimate of drug-likeness (QED) is 0.874. The third kappa shape index (κ3) is 4.28. The number of aromatic nitrogens is 1. The van der Waals surface area contributed by atoms with Crippen molar-refractivity contribution in [2.75, 3.05) is 23.8 Å². The molecule has 124 valence electrons. The van der Waals surface area contributed by atoms with Crippen LogP contribution < -0.4 is 10.6 Å². The number of rotatable bonds is 5. The van der Waals surface area contributed by atoms with E-state index >= 15 is 0 Å². The van der Waals surface area contributed by atoms with Gasteiger partial charge in [0.15, 0.2) is 0 Å². The van der Waals surface area contributed by atoms with Gasteiger partial charge in [-0.05, 0) is 43.7 Å². The summed E-state index contributed by atoms with van der Waals surface area (Å²) in [5.74, 6) is 1.03. The lowest BCUT2D eigenvalue weighted by atomic mass is 9.87. The number of nitrogens with zero attached hydrogens (tertiary/aromatic N) is 1. The van der Waals surface area contributed by atoms with Crippen molar-refractivity contribution in [1.29, 1.82) is 0 Å². The number of anilines is 2. The molecule has 0 radical (unpaired) electrons. The van der Waals surface area contributed by atoms with E-state index in [0.29, 0.717) is 17.4 Å². The summed E-state index contributed by atoms with van der Waals surface area (Å²) in [6.45, 7) is 3.43. The maximum Gasteiger partial charge on any atom is 0.228 e. The zero-order valence-corrected chi connectivity index (χ0v) is 13.4. The van der Waals surface area contributed by atoms with Crippen LogP contribution in [0.4, 0.5) is 11.5 Å². The Kier molecular flexibility index (Phi) is 4.91. The first kappa shape index (κ1) is 15.9. The lowest BCUT2D eigenvalue weighted by Gasteiger charge is -2.26. The number of nitrogens with one attached hydrogen (secondary N) is 2. The standard InChI is InChI=1S/C17H23N3O3/c1-11(12-6-8-23-9-7-12)16(21)19-14-4-5-15(18-10-14)20-17(22)13-2-3-13/h4-5,10-13H,2-3,6-9H2,1H3,(H,19,21)(H,18,20,22). The summed E-state index contributed by atoms with van der Waals surface area (Å²) < 4.78 is 5.34. The van der Waals surface area contributed by atoms with Crippen LogP contribution in [0.1, 0.15) is 32.6 Å². The Bertz CT molecular complexity index is 563. The van der Waals surface area contributed by atoms with Gasteiger partial charge in [0.2, 0.25) is 11.8 Å². The van der Waals surface area contributed by atoms with Gasteiger partial charge in [-0.3, -0.25) is 9.59 Å². The summed E-state index contributed by atoms with van der Waals surface area (Å²) in [6.07, 6.45) is 5.36. The molecule has 1 atom stereocenters. The highest BCUT2D eigenvalue weighted by Gasteiger charge is 2.30. The van der Waals surface area contributed by atoms with Gasteiger partial charge in [-0.25, -0.2) is 4.98 Å². The number of ether oxygens (including phenoxy) is 1. The molecule has 1 aliphatic heterocycles. The van der Waals surface area contributed by atoms with Gasteiger partial charge in [0.1, 0.15) is 5.82 Å². The Morgan fingerprint density at radius 1 is 1.17 bits per heavy atom. The van der Waals surface area contributed by atoms with E-state index in [1.54, 1.807) is 18.3 Å². The number of pyridine rings is 1. The minimum Gasteiger partial charge on any atom is -0.381 e. The minimum absolute atomic E-state index is 0.00784. The van der Waals surface area contributed by atoms with Gasteiger partial charge >= 0.3 is 0 Å². The Hall–Kier alpha value is -1.95. The van der Waals surface area contributed by atoms with Crippen LogP contribution in [0.5, 0.6) is 0 Å². The number of carbonyl (C=O) groups is 2. The van der Waals surface area contributed by atoms with Crippen LogP contribution in [0.2, 0.25) is 0 Å². The summed E-state index contributed by atoms with van der Waals surface area (Å²) >= 11 is 0. The molecule has 6 nitrogen and oxygen atoms in total. The predicted molar refractivity (Wildman–Crippen MR) is 86.9 cm³/mol. The van der Waals surface area contributed by atoms with Gasteiger partial charge < -0.3 is 15.4 Å². The Balaban J connectivity index is 1.52. The second-order valence-electron chi connectivity index (χ2n) is 6.42. The fourth-order valence-electron chi connectivity index (χ4n) is 2.80. The van der Waals surface area contributed by atoms with Crippen LogP contribution >= 0.6 is 0 Å². The molecular formula is C17H23N3O3. The van der Waals surface area contributed by atoms with E-state index in [1.165, 1.54) is 0 Å². The molecule has 2 aliphatic rings. The number of carbonyl (C=O) groups excluding carboxylic acids is 2. The second kappa shape index (κ2) is 7.08. The maximum absolute atomic E-state index is 12.3. The van der Waals surface area contributed by atoms with E-state index in [1.807, 2.05) is 6.92 Å². The Morgan fingerprint density at radius 2 is 1.91 bits per heavy atom. The molecule has 2 heterocycles. The number of amides is 2. The van der Waals surface area contributed by atoms with Crippen LogP contribution in [-0.4, -0.2) is 30.0 Å². The minimum atomic E-state index is -0.0480. The summed E-state index contributed by atoms with van der Waals surface area (Å²) in [7, 11) is 0. The number of hydrogen-bond acceptors (Lipinski definition) is 4. The highest BCUT2D eigenvalue weighted by Crippen LogP contribution is 2.30. The third-order valence-corrected chi connectivity index (χ3v) is 4.62. The van der Waals surface area contributed by atoms with Crippen molar-refractivity contribution in [2.24, 2.45) is 17.8 Å². The van der Waals surface area contributed by atoms with E-state index in [-0.39, 0.29) is 23.7 Å². The monoisotopic (exact) mass is 317 g/mol. The van der Waals surface area contributed by atoms with Crippen molar-refractivity contribution < 1.29 is 14.3 Å². The summed E-state index contributed by atoms with van der Waals surface area (Å²) in [4.78, 5) is 28.2. The van der Waals surface area contributed by atoms with Crippen molar-refractivity contribution in [3.8, 4) is 0 Å². The average Bonchev–Trinajstić information content (AvgIpc) is 3.42. The van der Waals surface area contributed by atoms with Gasteiger partial charge in [-0.2, -0.15) is 0 Å². The molecule has 1 saturated carbocycles. The summed E-state index contributed by atoms with van der Waals surface area (Å²) in [6, 6.07) is 3.49. The molecular weight excluding hydrogens is 294 g/mol. The first-order valence-electron chi connectivity index (χ1n) is 8.29. The third-order valence-electron chi connectivity index (χ3n) is 4.62. The molecule has 0 bridgehead atoms. The largest absolute Gasteiger partial charge is 0.381 e. The van der Waals surface area contributed by atoms with Crippen LogP contribution in [-0.2, 0) is 14.3 Å². The topological polar surface area (TPSA) is 80.3 Å². The van der Waals surface area contributed by atoms with Crippen LogP contribution in [0.25, 0.3) is 0 Å². The predicted octanol–water partition coefficient (Wildman–Crippen LogP) is 2.43. The smallest absolute Gasteiger partial charge is 0.228 e. The Labute approximate surface area is 136 Å². The molecule has 2 fully saturated rings. The van der Waals surface area contributed by atoms with Crippen molar-refractivity contribution >= 4 is 23.3 Å². The first-order chi connectivity index (χ1) is 11.1. The maximum atomic E-state index is 12.3. The van der Waals surface area contributed by atoms with Crippen LogP contribution in [0.15, 0.2) is 18.3 Å². The van der Waals surface area contributed by atoms with Crippen molar-refractivity contribution in [3.05, 3.63) is 18.3 Å². The lowest BCUT2D eigenvalue weighted by Crippen LogP contribution is -2.31. The van der Waals surface area contributed by atoms with E-state index < -0.39 is 0 Å². The zero-order valence-electron chi connectivity index (χ0n) is 13.4. The van der Waals surface area contributed by atoms with E-state index in [9.17, 15) is 9.59 Å². The average molecular weight is 317 g/mol. The van der Waals surface area contributed by atoms with Crippen LogP contribution in [0.3, 0.4) is 0 Å². The molecule has 1 unspecified atom stereocenters. The van der Waals surface area contributed by atoms with Crippen molar-refractivity contribution in [1.82, 2.24) is 4.98 Å². The van der Waals surface area contributed by atoms with Gasteiger partial charge in [0.05, 0.1) is 11.9 Å². The van der Waals surface area contributed by atoms with E-state index in [0.717, 1.165) is 38.9 Å². The SMILES string of the molecule is CC(C(=O)Nc1ccc(NC(=O)C2CC2)nc1)C1CCOCC1. The lowest BCUT2D eigenvalue weighted by molar-refractivity contribution is -0.122.